The lowest BCUT2D eigenvalue weighted by atomic mass is 9.88. The molecule has 0 bridgehead atoms. The van der Waals surface area contributed by atoms with Crippen LogP contribution in [0.4, 0.5) is 5.13 Å². The van der Waals surface area contributed by atoms with Crippen molar-refractivity contribution < 1.29 is 4.74 Å². The first-order valence-electron chi connectivity index (χ1n) is 9.79. The minimum atomic E-state index is 0.243. The van der Waals surface area contributed by atoms with Crippen molar-refractivity contribution in [2.45, 2.75) is 43.7 Å². The molecule has 2 aliphatic rings. The quantitative estimate of drug-likeness (QED) is 0.695. The lowest BCUT2D eigenvalue weighted by Crippen LogP contribution is -2.42. The molecule has 0 unspecified atom stereocenters. The van der Waals surface area contributed by atoms with Gasteiger partial charge in [0.25, 0.3) is 0 Å². The number of rotatable bonds is 5. The monoisotopic (exact) mass is 380 g/mol. The molecule has 2 N–H and O–H groups in total. The average molecular weight is 381 g/mol. The predicted octanol–water partition coefficient (Wildman–Crippen LogP) is 4.18. The molecule has 0 radical (unpaired) electrons. The molecule has 1 saturated carbocycles. The number of piperidine rings is 1. The Morgan fingerprint density at radius 3 is 2.78 bits per heavy atom. The van der Waals surface area contributed by atoms with Gasteiger partial charge in [0, 0.05) is 30.6 Å². The molecule has 3 aromatic rings. The summed E-state index contributed by atoms with van der Waals surface area (Å²) in [6, 6.07) is 12.9. The third-order valence-corrected chi connectivity index (χ3v) is 6.54. The van der Waals surface area contributed by atoms with E-state index in [2.05, 4.69) is 44.9 Å². The maximum absolute atomic E-state index is 6.27. The zero-order valence-corrected chi connectivity index (χ0v) is 16.0. The van der Waals surface area contributed by atoms with Crippen LogP contribution in [0.2, 0.25) is 0 Å². The van der Waals surface area contributed by atoms with Crippen LogP contribution in [-0.2, 0) is 0 Å². The van der Waals surface area contributed by atoms with Crippen LogP contribution < -0.4 is 15.4 Å². The van der Waals surface area contributed by atoms with Gasteiger partial charge in [0.2, 0.25) is 5.88 Å². The summed E-state index contributed by atoms with van der Waals surface area (Å²) in [5, 5.41) is 8.00. The van der Waals surface area contributed by atoms with E-state index in [0.29, 0.717) is 12.0 Å². The topological polar surface area (TPSA) is 59.1 Å². The van der Waals surface area contributed by atoms with Crippen LogP contribution >= 0.6 is 11.3 Å². The first kappa shape index (κ1) is 17.0. The fourth-order valence-corrected chi connectivity index (χ4v) is 4.93. The summed E-state index contributed by atoms with van der Waals surface area (Å²) >= 11 is 1.72. The summed E-state index contributed by atoms with van der Waals surface area (Å²) in [5.41, 5.74) is 2.35. The molecular formula is C21H24N4OS. The van der Waals surface area contributed by atoms with E-state index >= 15 is 0 Å². The summed E-state index contributed by atoms with van der Waals surface area (Å²) in [7, 11) is 0. The van der Waals surface area contributed by atoms with E-state index in [1.807, 2.05) is 18.3 Å². The summed E-state index contributed by atoms with van der Waals surface area (Å²) in [6.07, 6.45) is 6.40. The zero-order chi connectivity index (χ0) is 18.1. The van der Waals surface area contributed by atoms with Crippen molar-refractivity contribution in [2.24, 2.45) is 0 Å². The van der Waals surface area contributed by atoms with Gasteiger partial charge in [-0.3, -0.25) is 0 Å². The number of aromatic nitrogens is 2. The van der Waals surface area contributed by atoms with Gasteiger partial charge in [-0.1, -0.05) is 29.5 Å². The van der Waals surface area contributed by atoms with E-state index in [-0.39, 0.29) is 6.10 Å². The van der Waals surface area contributed by atoms with Crippen molar-refractivity contribution in [3.05, 3.63) is 48.2 Å². The normalized spacial score (nSPS) is 23.1. The number of nitrogens with one attached hydrogen (secondary N) is 2. The SMILES string of the molecule is c1cnc(O[C@H]2C[C@H](Nc3nc4ccccc4s3)C2)c(C2CCNCC2)c1. The Morgan fingerprint density at radius 1 is 1.07 bits per heavy atom. The Labute approximate surface area is 163 Å². The highest BCUT2D eigenvalue weighted by Crippen LogP contribution is 2.35. The molecule has 0 spiro atoms. The number of ether oxygens (including phenoxy) is 1. The van der Waals surface area contributed by atoms with Crippen molar-refractivity contribution in [1.82, 2.24) is 15.3 Å². The molecule has 2 fully saturated rings. The van der Waals surface area contributed by atoms with Gasteiger partial charge in [0.05, 0.1) is 10.2 Å². The minimum Gasteiger partial charge on any atom is -0.474 e. The maximum Gasteiger partial charge on any atom is 0.217 e. The fourth-order valence-electron chi connectivity index (χ4n) is 3.99. The van der Waals surface area contributed by atoms with Crippen LogP contribution in [0, 0.1) is 0 Å². The fraction of sp³-hybridized carbons (Fsp3) is 0.429. The van der Waals surface area contributed by atoms with E-state index in [9.17, 15) is 0 Å². The third kappa shape index (κ3) is 3.64. The number of hydrogen-bond acceptors (Lipinski definition) is 6. The van der Waals surface area contributed by atoms with E-state index < -0.39 is 0 Å². The molecule has 5 nitrogen and oxygen atoms in total. The summed E-state index contributed by atoms with van der Waals surface area (Å²) < 4.78 is 7.50. The van der Waals surface area contributed by atoms with Gasteiger partial charge in [0.15, 0.2) is 5.13 Å². The minimum absolute atomic E-state index is 0.243. The second-order valence-electron chi connectivity index (χ2n) is 7.46. The van der Waals surface area contributed by atoms with Gasteiger partial charge in [-0.25, -0.2) is 9.97 Å². The zero-order valence-electron chi connectivity index (χ0n) is 15.2. The number of fused-ring (bicyclic) bond motifs is 1. The number of benzene rings is 1. The molecule has 1 aliphatic heterocycles. The predicted molar refractivity (Wildman–Crippen MR) is 110 cm³/mol. The molecule has 27 heavy (non-hydrogen) atoms. The number of hydrogen-bond donors (Lipinski definition) is 2. The molecule has 5 rings (SSSR count). The molecule has 140 valence electrons. The molecule has 3 heterocycles. The Morgan fingerprint density at radius 2 is 1.93 bits per heavy atom. The van der Waals surface area contributed by atoms with Crippen LogP contribution in [0.1, 0.15) is 37.2 Å². The smallest absolute Gasteiger partial charge is 0.217 e. The van der Waals surface area contributed by atoms with E-state index in [1.54, 1.807) is 11.3 Å². The molecule has 0 amide bonds. The van der Waals surface area contributed by atoms with Gasteiger partial charge in [0.1, 0.15) is 6.10 Å². The van der Waals surface area contributed by atoms with Crippen LogP contribution in [0.5, 0.6) is 5.88 Å². The molecule has 2 aromatic heterocycles. The van der Waals surface area contributed by atoms with E-state index in [1.165, 1.54) is 10.3 Å². The average Bonchev–Trinajstić information content (AvgIpc) is 3.10. The first-order valence-corrected chi connectivity index (χ1v) is 10.6. The van der Waals surface area contributed by atoms with Crippen molar-refractivity contribution in [3.63, 3.8) is 0 Å². The molecular weight excluding hydrogens is 356 g/mol. The Balaban J connectivity index is 1.19. The molecule has 1 aliphatic carbocycles. The van der Waals surface area contributed by atoms with Gasteiger partial charge >= 0.3 is 0 Å². The summed E-state index contributed by atoms with van der Waals surface area (Å²) in [5.74, 6) is 1.40. The maximum atomic E-state index is 6.27. The lowest BCUT2D eigenvalue weighted by molar-refractivity contribution is 0.101. The van der Waals surface area contributed by atoms with Crippen LogP contribution in [-0.4, -0.2) is 35.2 Å². The van der Waals surface area contributed by atoms with Crippen molar-refractivity contribution in [3.8, 4) is 5.88 Å². The molecule has 0 atom stereocenters. The van der Waals surface area contributed by atoms with Gasteiger partial charge in [-0.2, -0.15) is 0 Å². The van der Waals surface area contributed by atoms with Gasteiger partial charge in [-0.15, -0.1) is 0 Å². The van der Waals surface area contributed by atoms with Crippen molar-refractivity contribution in [2.75, 3.05) is 18.4 Å². The van der Waals surface area contributed by atoms with Gasteiger partial charge in [-0.05, 0) is 50.0 Å². The second kappa shape index (κ2) is 7.44. The third-order valence-electron chi connectivity index (χ3n) is 5.57. The van der Waals surface area contributed by atoms with E-state index in [4.69, 9.17) is 4.74 Å². The van der Waals surface area contributed by atoms with Gasteiger partial charge < -0.3 is 15.4 Å². The summed E-state index contributed by atoms with van der Waals surface area (Å²) in [6.45, 7) is 2.16. The number of para-hydroxylation sites is 1. The van der Waals surface area contributed by atoms with Crippen molar-refractivity contribution in [1.29, 1.82) is 0 Å². The Hall–Kier alpha value is -2.18. The van der Waals surface area contributed by atoms with Crippen LogP contribution in [0.15, 0.2) is 42.6 Å². The molecule has 1 aromatic carbocycles. The number of nitrogens with zero attached hydrogens (tertiary/aromatic N) is 2. The number of thiazole rings is 1. The highest BCUT2D eigenvalue weighted by atomic mass is 32.1. The van der Waals surface area contributed by atoms with Crippen LogP contribution in [0.25, 0.3) is 10.2 Å². The lowest BCUT2D eigenvalue weighted by Gasteiger charge is -2.36. The van der Waals surface area contributed by atoms with Crippen LogP contribution in [0.3, 0.4) is 0 Å². The highest BCUT2D eigenvalue weighted by Gasteiger charge is 2.33. The Bertz CT molecular complexity index is 882. The summed E-state index contributed by atoms with van der Waals surface area (Å²) in [4.78, 5) is 9.21. The van der Waals surface area contributed by atoms with Crippen molar-refractivity contribution >= 4 is 26.7 Å². The largest absolute Gasteiger partial charge is 0.474 e. The first-order chi connectivity index (χ1) is 13.3. The highest BCUT2D eigenvalue weighted by molar-refractivity contribution is 7.22. The second-order valence-corrected chi connectivity index (χ2v) is 8.49. The molecule has 1 saturated heterocycles. The standard InChI is InChI=1S/C21H24N4OS/c1-2-6-19-18(5-1)25-21(27-19)24-15-12-16(13-15)26-20-17(4-3-9-23-20)14-7-10-22-11-8-14/h1-6,9,14-16,22H,7-8,10-13H2,(H,24,25)/t15-,16-. The Kier molecular flexibility index (Phi) is 4.67. The number of pyridine rings is 1. The molecule has 6 heteroatoms. The van der Waals surface area contributed by atoms with E-state index in [0.717, 1.165) is 55.3 Å². The number of anilines is 1.